The number of rotatable bonds is 5. The molecule has 30 heavy (non-hydrogen) atoms. The molecule has 10 nitrogen and oxygen atoms in total. The first-order chi connectivity index (χ1) is 13.4. The van der Waals surface area contributed by atoms with Crippen LogP contribution in [0.2, 0.25) is 0 Å². The fourth-order valence-electron chi connectivity index (χ4n) is 2.80. The van der Waals surface area contributed by atoms with Gasteiger partial charge in [0.05, 0.1) is 12.6 Å². The molecule has 1 aliphatic rings. The first-order valence-corrected chi connectivity index (χ1v) is 11.9. The first kappa shape index (κ1) is 26.5. The van der Waals surface area contributed by atoms with Gasteiger partial charge in [0.25, 0.3) is 0 Å². The third kappa shape index (κ3) is 8.31. The largest absolute Gasteiger partial charge is 0.444 e. The van der Waals surface area contributed by atoms with Crippen LogP contribution in [-0.4, -0.2) is 77.6 Å². The molecule has 1 fully saturated rings. The molecule has 0 radical (unpaired) electrons. The van der Waals surface area contributed by atoms with E-state index in [9.17, 15) is 22.8 Å². The van der Waals surface area contributed by atoms with E-state index in [4.69, 9.17) is 9.47 Å². The smallest absolute Gasteiger partial charge is 0.425 e. The van der Waals surface area contributed by atoms with E-state index >= 15 is 0 Å². The molecule has 0 bridgehead atoms. The Kier molecular flexibility index (Phi) is 8.60. The molecule has 0 aliphatic carbocycles. The predicted octanol–water partition coefficient (Wildman–Crippen LogP) is 2.35. The highest BCUT2D eigenvalue weighted by molar-refractivity contribution is 8.14. The summed E-state index contributed by atoms with van der Waals surface area (Å²) in [4.78, 5) is 38.2. The third-order valence-electron chi connectivity index (χ3n) is 3.86. The van der Waals surface area contributed by atoms with Crippen molar-refractivity contribution in [2.45, 2.75) is 77.4 Å². The van der Waals surface area contributed by atoms with Crippen molar-refractivity contribution in [2.75, 3.05) is 20.1 Å². The quantitative estimate of drug-likeness (QED) is 0.654. The highest BCUT2D eigenvalue weighted by Gasteiger charge is 2.42. The van der Waals surface area contributed by atoms with Crippen molar-refractivity contribution >= 4 is 39.3 Å². The van der Waals surface area contributed by atoms with Gasteiger partial charge in [0.15, 0.2) is 5.12 Å². The number of amides is 2. The number of carbonyl (C=O) groups excluding carboxylic acids is 3. The van der Waals surface area contributed by atoms with E-state index in [1.165, 1.54) is 18.9 Å². The molecule has 0 saturated carbocycles. The summed E-state index contributed by atoms with van der Waals surface area (Å²) < 4.78 is 38.4. The minimum Gasteiger partial charge on any atom is -0.444 e. The Balaban J connectivity index is 3.18. The summed E-state index contributed by atoms with van der Waals surface area (Å²) in [5.74, 6) is 0. The predicted molar refractivity (Wildman–Crippen MR) is 114 cm³/mol. The van der Waals surface area contributed by atoms with Gasteiger partial charge in [0.2, 0.25) is 0 Å². The maximum absolute atomic E-state index is 12.7. The number of thioether (sulfide) groups is 1. The third-order valence-corrected chi connectivity index (χ3v) is 6.26. The van der Waals surface area contributed by atoms with Gasteiger partial charge in [0, 0.05) is 25.8 Å². The van der Waals surface area contributed by atoms with E-state index in [1.807, 2.05) is 0 Å². The molecule has 0 aromatic heterocycles. The number of hydrogen-bond acceptors (Lipinski definition) is 8. The van der Waals surface area contributed by atoms with Gasteiger partial charge >= 0.3 is 22.4 Å². The lowest BCUT2D eigenvalue weighted by atomic mass is 10.2. The number of nitrogens with zero attached hydrogens (tertiary/aromatic N) is 2. The average molecular weight is 468 g/mol. The van der Waals surface area contributed by atoms with Crippen LogP contribution in [0.15, 0.2) is 0 Å². The summed E-state index contributed by atoms with van der Waals surface area (Å²) in [6, 6.07) is -0.674. The van der Waals surface area contributed by atoms with E-state index in [1.54, 1.807) is 41.5 Å². The Bertz CT molecular complexity index is 757. The molecular formula is C18H33N3O7S2. The molecule has 0 spiro atoms. The minimum atomic E-state index is -4.19. The maximum Gasteiger partial charge on any atom is 0.425 e. The molecular weight excluding hydrogens is 434 g/mol. The molecule has 0 aromatic carbocycles. The Morgan fingerprint density at radius 1 is 1.10 bits per heavy atom. The zero-order valence-corrected chi connectivity index (χ0v) is 20.5. The van der Waals surface area contributed by atoms with E-state index in [-0.39, 0.29) is 23.5 Å². The molecule has 2 atom stereocenters. The summed E-state index contributed by atoms with van der Waals surface area (Å²) >= 11 is 1.08. The topological polar surface area (TPSA) is 122 Å². The van der Waals surface area contributed by atoms with E-state index < -0.39 is 39.6 Å². The molecule has 0 unspecified atom stereocenters. The van der Waals surface area contributed by atoms with Gasteiger partial charge in [0.1, 0.15) is 11.2 Å². The Morgan fingerprint density at radius 2 is 1.63 bits per heavy atom. The lowest BCUT2D eigenvalue weighted by Gasteiger charge is -2.32. The van der Waals surface area contributed by atoms with Crippen LogP contribution < -0.4 is 4.72 Å². The normalized spacial score (nSPS) is 20.1. The zero-order chi connectivity index (χ0) is 23.5. The Hall–Kier alpha value is -1.53. The second kappa shape index (κ2) is 9.73. The highest BCUT2D eigenvalue weighted by Crippen LogP contribution is 2.30. The van der Waals surface area contributed by atoms with E-state index in [2.05, 4.69) is 4.72 Å². The van der Waals surface area contributed by atoms with Gasteiger partial charge < -0.3 is 14.4 Å². The number of ether oxygens (including phenoxy) is 2. The Morgan fingerprint density at radius 3 is 2.07 bits per heavy atom. The van der Waals surface area contributed by atoms with Crippen molar-refractivity contribution < 1.29 is 32.3 Å². The molecule has 1 saturated heterocycles. The van der Waals surface area contributed by atoms with E-state index in [0.717, 1.165) is 11.8 Å². The lowest BCUT2D eigenvalue weighted by molar-refractivity contribution is -0.109. The molecule has 1 N–H and O–H groups in total. The number of likely N-dealkylation sites (tertiary alicyclic amines) is 1. The Labute approximate surface area is 183 Å². The summed E-state index contributed by atoms with van der Waals surface area (Å²) in [5, 5.41) is -0.352. The van der Waals surface area contributed by atoms with Crippen LogP contribution in [0, 0.1) is 0 Å². The van der Waals surface area contributed by atoms with Crippen molar-refractivity contribution in [3.63, 3.8) is 0 Å². The van der Waals surface area contributed by atoms with Gasteiger partial charge in [-0.25, -0.2) is 14.3 Å². The molecule has 1 heterocycles. The van der Waals surface area contributed by atoms with Gasteiger partial charge in [-0.1, -0.05) is 11.8 Å². The fourth-order valence-corrected chi connectivity index (χ4v) is 4.64. The van der Waals surface area contributed by atoms with Crippen molar-refractivity contribution in [2.24, 2.45) is 0 Å². The van der Waals surface area contributed by atoms with Crippen LogP contribution in [0.1, 0.15) is 54.9 Å². The van der Waals surface area contributed by atoms with Crippen LogP contribution in [0.4, 0.5) is 9.59 Å². The molecule has 12 heteroatoms. The summed E-state index contributed by atoms with van der Waals surface area (Å²) in [6.07, 6.45) is -1.36. The maximum atomic E-state index is 12.7. The highest BCUT2D eigenvalue weighted by atomic mass is 32.2. The van der Waals surface area contributed by atoms with Crippen LogP contribution >= 0.6 is 11.8 Å². The second-order valence-corrected chi connectivity index (χ2v) is 12.3. The standard InChI is InChI=1S/C18H33N3O7S2/c1-12(22)29-14-9-13(20(11-14)15(23)27-17(2,3)4)10-21(30(25,26)19-8)16(24)28-18(5,6)7/h13-14,19H,9-11H2,1-8H3/t13-,14-/m0/s1. The summed E-state index contributed by atoms with van der Waals surface area (Å²) in [7, 11) is -3.01. The van der Waals surface area contributed by atoms with Crippen molar-refractivity contribution in [1.82, 2.24) is 13.9 Å². The summed E-state index contributed by atoms with van der Waals surface area (Å²) in [6.45, 7) is 11.3. The van der Waals surface area contributed by atoms with Crippen molar-refractivity contribution in [3.05, 3.63) is 0 Å². The molecule has 174 valence electrons. The van der Waals surface area contributed by atoms with Gasteiger partial charge in [-0.2, -0.15) is 12.7 Å². The summed E-state index contributed by atoms with van der Waals surface area (Å²) in [5.41, 5.74) is -1.67. The average Bonchev–Trinajstić information content (AvgIpc) is 2.91. The van der Waals surface area contributed by atoms with E-state index in [0.29, 0.717) is 10.7 Å². The molecule has 1 aliphatic heterocycles. The zero-order valence-electron chi connectivity index (χ0n) is 18.8. The fraction of sp³-hybridized carbons (Fsp3) is 0.833. The number of hydrogen-bond donors (Lipinski definition) is 1. The van der Waals surface area contributed by atoms with Crippen LogP contribution in [-0.2, 0) is 24.5 Å². The van der Waals surface area contributed by atoms with Gasteiger partial charge in [-0.15, -0.1) is 0 Å². The van der Waals surface area contributed by atoms with Crippen LogP contribution in [0.25, 0.3) is 0 Å². The number of nitrogens with one attached hydrogen (secondary N) is 1. The second-order valence-electron chi connectivity index (χ2n) is 8.97. The minimum absolute atomic E-state index is 0.114. The number of carbonyl (C=O) groups is 3. The molecule has 1 rings (SSSR count). The van der Waals surface area contributed by atoms with Gasteiger partial charge in [-0.05, 0) is 48.0 Å². The SMILES string of the molecule is CNS(=O)(=O)N(C[C@@H]1C[C@H](SC(C)=O)CN1C(=O)OC(C)(C)C)C(=O)OC(C)(C)C. The van der Waals surface area contributed by atoms with Crippen LogP contribution in [0.3, 0.4) is 0 Å². The van der Waals surface area contributed by atoms with Crippen LogP contribution in [0.5, 0.6) is 0 Å². The van der Waals surface area contributed by atoms with Gasteiger partial charge in [-0.3, -0.25) is 4.79 Å². The first-order valence-electron chi connectivity index (χ1n) is 9.56. The van der Waals surface area contributed by atoms with Crippen molar-refractivity contribution in [1.29, 1.82) is 0 Å². The molecule has 0 aromatic rings. The van der Waals surface area contributed by atoms with Crippen molar-refractivity contribution in [3.8, 4) is 0 Å². The monoisotopic (exact) mass is 467 g/mol. The molecule has 2 amide bonds. The lowest BCUT2D eigenvalue weighted by Crippen LogP contribution is -2.52.